The summed E-state index contributed by atoms with van der Waals surface area (Å²) in [7, 11) is 0. The van der Waals surface area contributed by atoms with Gasteiger partial charge in [-0.1, -0.05) is 52.3 Å². The highest BCUT2D eigenvalue weighted by atomic mass is 79.9. The SMILES string of the molecule is O=C(NCc1ccc(Br)cc1)N[C@H]1CC[C@H](CCN2C3CCC2c2ccccc23)CC1. The third kappa shape index (κ3) is 4.68. The van der Waals surface area contributed by atoms with Gasteiger partial charge >= 0.3 is 6.03 Å². The molecule has 1 aliphatic carbocycles. The Morgan fingerprint density at radius 3 is 2.19 bits per heavy atom. The molecule has 2 unspecified atom stereocenters. The van der Waals surface area contributed by atoms with Crippen LogP contribution in [0.15, 0.2) is 53.0 Å². The fourth-order valence-corrected chi connectivity index (χ4v) is 6.17. The zero-order valence-electron chi connectivity index (χ0n) is 18.0. The van der Waals surface area contributed by atoms with Crippen molar-refractivity contribution in [2.45, 2.75) is 69.6 Å². The molecule has 4 nitrogen and oxygen atoms in total. The highest BCUT2D eigenvalue weighted by Gasteiger charge is 2.43. The molecule has 5 rings (SSSR count). The smallest absolute Gasteiger partial charge is 0.315 e. The van der Waals surface area contributed by atoms with Gasteiger partial charge in [0.05, 0.1) is 0 Å². The van der Waals surface area contributed by atoms with Gasteiger partial charge in [-0.25, -0.2) is 4.79 Å². The quantitative estimate of drug-likeness (QED) is 0.524. The molecule has 2 aromatic rings. The van der Waals surface area contributed by atoms with E-state index in [0.29, 0.717) is 24.7 Å². The number of amides is 2. The van der Waals surface area contributed by atoms with Crippen molar-refractivity contribution in [2.24, 2.45) is 5.92 Å². The predicted octanol–water partition coefficient (Wildman–Crippen LogP) is 6.09. The number of hydrogen-bond donors (Lipinski definition) is 2. The molecule has 0 spiro atoms. The van der Waals surface area contributed by atoms with Gasteiger partial charge in [0.15, 0.2) is 0 Å². The Labute approximate surface area is 193 Å². The van der Waals surface area contributed by atoms with Crippen molar-refractivity contribution in [2.75, 3.05) is 6.54 Å². The van der Waals surface area contributed by atoms with Crippen molar-refractivity contribution >= 4 is 22.0 Å². The summed E-state index contributed by atoms with van der Waals surface area (Å²) in [5.74, 6) is 0.798. The number of nitrogens with one attached hydrogen (secondary N) is 2. The molecule has 2 atom stereocenters. The van der Waals surface area contributed by atoms with E-state index in [-0.39, 0.29) is 6.03 Å². The Bertz CT molecular complexity index is 876. The number of halogens is 1. The Morgan fingerprint density at radius 1 is 0.903 bits per heavy atom. The first-order valence-electron chi connectivity index (χ1n) is 11.8. The molecule has 5 heteroatoms. The summed E-state index contributed by atoms with van der Waals surface area (Å²) in [6.07, 6.45) is 8.61. The van der Waals surface area contributed by atoms with Crippen LogP contribution in [-0.4, -0.2) is 23.5 Å². The minimum Gasteiger partial charge on any atom is -0.335 e. The first kappa shape index (κ1) is 21.0. The summed E-state index contributed by atoms with van der Waals surface area (Å²) in [4.78, 5) is 15.1. The largest absolute Gasteiger partial charge is 0.335 e. The van der Waals surface area contributed by atoms with E-state index in [2.05, 4.69) is 55.7 Å². The van der Waals surface area contributed by atoms with E-state index < -0.39 is 0 Å². The van der Waals surface area contributed by atoms with Crippen LogP contribution in [0.3, 0.4) is 0 Å². The molecule has 164 valence electrons. The lowest BCUT2D eigenvalue weighted by Gasteiger charge is -2.31. The van der Waals surface area contributed by atoms with Crippen LogP contribution in [0.5, 0.6) is 0 Å². The number of carbonyl (C=O) groups excluding carboxylic acids is 1. The number of urea groups is 1. The van der Waals surface area contributed by atoms with E-state index in [1.165, 1.54) is 38.6 Å². The molecule has 2 bridgehead atoms. The Morgan fingerprint density at radius 2 is 1.55 bits per heavy atom. The zero-order valence-corrected chi connectivity index (χ0v) is 19.6. The van der Waals surface area contributed by atoms with Crippen LogP contribution < -0.4 is 10.6 Å². The van der Waals surface area contributed by atoms with E-state index in [1.807, 2.05) is 24.3 Å². The summed E-state index contributed by atoms with van der Waals surface area (Å²) < 4.78 is 1.05. The lowest BCUT2D eigenvalue weighted by Crippen LogP contribution is -2.43. The Hall–Kier alpha value is -1.85. The van der Waals surface area contributed by atoms with Crippen LogP contribution in [0.2, 0.25) is 0 Å². The number of fused-ring (bicyclic) bond motifs is 5. The van der Waals surface area contributed by atoms with Crippen molar-refractivity contribution in [1.82, 2.24) is 15.5 Å². The van der Waals surface area contributed by atoms with Gasteiger partial charge in [-0.15, -0.1) is 0 Å². The van der Waals surface area contributed by atoms with E-state index in [0.717, 1.165) is 28.8 Å². The van der Waals surface area contributed by atoms with E-state index >= 15 is 0 Å². The molecule has 2 aliphatic heterocycles. The van der Waals surface area contributed by atoms with Gasteiger partial charge in [0.1, 0.15) is 0 Å². The van der Waals surface area contributed by atoms with E-state index in [9.17, 15) is 4.79 Å². The number of benzene rings is 2. The van der Waals surface area contributed by atoms with Gasteiger partial charge in [-0.2, -0.15) is 0 Å². The predicted molar refractivity (Wildman–Crippen MR) is 128 cm³/mol. The molecular weight excluding hydrogens is 450 g/mol. The summed E-state index contributed by atoms with van der Waals surface area (Å²) in [5.41, 5.74) is 4.28. The number of hydrogen-bond acceptors (Lipinski definition) is 2. The molecule has 2 aromatic carbocycles. The van der Waals surface area contributed by atoms with Gasteiger partial charge < -0.3 is 10.6 Å². The molecular formula is C26H32BrN3O. The van der Waals surface area contributed by atoms with Gasteiger partial charge in [0, 0.05) is 29.1 Å². The second kappa shape index (κ2) is 9.33. The molecule has 0 radical (unpaired) electrons. The summed E-state index contributed by atoms with van der Waals surface area (Å²) in [6, 6.07) is 18.7. The van der Waals surface area contributed by atoms with Crippen molar-refractivity contribution < 1.29 is 4.79 Å². The molecule has 1 saturated heterocycles. The molecule has 31 heavy (non-hydrogen) atoms. The standard InChI is InChI=1S/C26H32BrN3O/c27-20-9-5-19(6-10-20)17-28-26(31)29-21-11-7-18(8-12-21)15-16-30-24-13-14-25(30)23-4-2-1-3-22(23)24/h1-6,9-10,18,21,24-25H,7-8,11-17H2,(H2,28,29,31)/t18-,21-,24?,25?. The average molecular weight is 482 g/mol. The van der Waals surface area contributed by atoms with Crippen LogP contribution in [0.25, 0.3) is 0 Å². The number of nitrogens with zero attached hydrogens (tertiary/aromatic N) is 1. The molecule has 2 N–H and O–H groups in total. The lowest BCUT2D eigenvalue weighted by molar-refractivity contribution is 0.185. The van der Waals surface area contributed by atoms with Crippen LogP contribution in [0.4, 0.5) is 4.79 Å². The maximum absolute atomic E-state index is 12.3. The highest BCUT2D eigenvalue weighted by Crippen LogP contribution is 2.53. The van der Waals surface area contributed by atoms with Crippen LogP contribution in [0.1, 0.15) is 73.7 Å². The van der Waals surface area contributed by atoms with Gasteiger partial charge in [0.2, 0.25) is 0 Å². The van der Waals surface area contributed by atoms with Crippen molar-refractivity contribution in [1.29, 1.82) is 0 Å². The minimum atomic E-state index is -0.0437. The molecule has 2 fully saturated rings. The van der Waals surface area contributed by atoms with Gasteiger partial charge in [0.25, 0.3) is 0 Å². The molecule has 1 saturated carbocycles. The van der Waals surface area contributed by atoms with Crippen LogP contribution in [0, 0.1) is 5.92 Å². The zero-order chi connectivity index (χ0) is 21.2. The number of carbonyl (C=O) groups is 1. The van der Waals surface area contributed by atoms with Crippen LogP contribution >= 0.6 is 15.9 Å². The molecule has 2 heterocycles. The second-order valence-corrected chi connectivity index (χ2v) is 10.4. The van der Waals surface area contributed by atoms with Gasteiger partial charge in [-0.05, 0) is 86.2 Å². The molecule has 0 aromatic heterocycles. The lowest BCUT2D eigenvalue weighted by atomic mass is 9.84. The first-order valence-corrected chi connectivity index (χ1v) is 12.6. The van der Waals surface area contributed by atoms with E-state index in [1.54, 1.807) is 11.1 Å². The third-order valence-electron chi connectivity index (χ3n) is 7.57. The third-order valence-corrected chi connectivity index (χ3v) is 8.10. The Balaban J connectivity index is 1.03. The first-order chi connectivity index (χ1) is 15.2. The topological polar surface area (TPSA) is 44.4 Å². The normalized spacial score (nSPS) is 27.1. The van der Waals surface area contributed by atoms with E-state index in [4.69, 9.17) is 0 Å². The average Bonchev–Trinajstić information content (AvgIpc) is 3.34. The Kier molecular flexibility index (Phi) is 6.33. The van der Waals surface area contributed by atoms with Crippen molar-refractivity contribution in [3.05, 3.63) is 69.7 Å². The molecule has 3 aliphatic rings. The maximum atomic E-state index is 12.3. The van der Waals surface area contributed by atoms with Crippen molar-refractivity contribution in [3.8, 4) is 0 Å². The minimum absolute atomic E-state index is 0.0437. The summed E-state index contributed by atoms with van der Waals surface area (Å²) in [5, 5.41) is 6.18. The fraction of sp³-hybridized carbons (Fsp3) is 0.500. The summed E-state index contributed by atoms with van der Waals surface area (Å²) in [6.45, 7) is 1.79. The fourth-order valence-electron chi connectivity index (χ4n) is 5.91. The number of rotatable bonds is 6. The van der Waals surface area contributed by atoms with Crippen LogP contribution in [-0.2, 0) is 6.54 Å². The highest BCUT2D eigenvalue weighted by molar-refractivity contribution is 9.10. The molecule has 2 amide bonds. The monoisotopic (exact) mass is 481 g/mol. The summed E-state index contributed by atoms with van der Waals surface area (Å²) >= 11 is 3.44. The second-order valence-electron chi connectivity index (χ2n) is 9.44. The van der Waals surface area contributed by atoms with Crippen molar-refractivity contribution in [3.63, 3.8) is 0 Å². The maximum Gasteiger partial charge on any atom is 0.315 e. The van der Waals surface area contributed by atoms with Gasteiger partial charge in [-0.3, -0.25) is 4.90 Å².